The number of hydrogen-bond acceptors (Lipinski definition) is 6. The van der Waals surface area contributed by atoms with Crippen LogP contribution < -0.4 is 11.5 Å². The van der Waals surface area contributed by atoms with Crippen LogP contribution in [0.3, 0.4) is 0 Å². The first kappa shape index (κ1) is 28.1. The number of allylic oxidation sites excluding steroid dienone is 3. The Morgan fingerprint density at radius 1 is 1.29 bits per heavy atom. The van der Waals surface area contributed by atoms with Gasteiger partial charge in [0.2, 0.25) is 0 Å². The van der Waals surface area contributed by atoms with Gasteiger partial charge < -0.3 is 21.3 Å². The Morgan fingerprint density at radius 2 is 2.03 bits per heavy atom. The van der Waals surface area contributed by atoms with Crippen molar-refractivity contribution in [3.05, 3.63) is 76.9 Å². The van der Waals surface area contributed by atoms with Gasteiger partial charge in [-0.1, -0.05) is 18.2 Å². The van der Waals surface area contributed by atoms with E-state index in [1.807, 2.05) is 32.1 Å². The van der Waals surface area contributed by atoms with Gasteiger partial charge in [-0.05, 0) is 62.5 Å². The zero-order chi connectivity index (χ0) is 25.8. The molecule has 1 fully saturated rings. The summed E-state index contributed by atoms with van der Waals surface area (Å²) in [6, 6.07) is 3.80. The molecule has 0 aliphatic heterocycles. The smallest absolute Gasteiger partial charge is 0.277 e. The molecule has 190 valence electrons. The zero-order valence-corrected chi connectivity index (χ0v) is 20.0. The quantitative estimate of drug-likeness (QED) is 0.275. The highest BCUT2D eigenvalue weighted by molar-refractivity contribution is 6.06. The minimum Gasteiger partial charge on any atom is -0.404 e. The standard InChI is InChI=1S/C26H33F3N4O2/c1-3-5-17(4-2)15-35-16-19-10-21(27)8-9-23(19)33-24(11-22(31)26(28)29)25(34)20(12-30)14-32-13-18-6-7-18/h3-5,8-12,14,18,25-26,34H,6-7,13,15-16,30-31H2,1-2H3/b5-3-,17-4+,20-12?,22-11?,32-14?,33-24?. The van der Waals surface area contributed by atoms with Gasteiger partial charge in [0.15, 0.2) is 0 Å². The monoisotopic (exact) mass is 490 g/mol. The number of hydrogen-bond donors (Lipinski definition) is 3. The van der Waals surface area contributed by atoms with Crippen molar-refractivity contribution in [1.29, 1.82) is 0 Å². The number of aliphatic hydroxyl groups is 1. The van der Waals surface area contributed by atoms with Crippen molar-refractivity contribution in [3.63, 3.8) is 0 Å². The topological polar surface area (TPSA) is 106 Å². The Morgan fingerprint density at radius 3 is 2.63 bits per heavy atom. The number of aliphatic hydroxyl groups excluding tert-OH is 1. The van der Waals surface area contributed by atoms with Crippen LogP contribution in [0.5, 0.6) is 0 Å². The molecule has 0 heterocycles. The molecule has 1 aliphatic rings. The van der Waals surface area contributed by atoms with Crippen molar-refractivity contribution < 1.29 is 23.0 Å². The maximum absolute atomic E-state index is 14.0. The van der Waals surface area contributed by atoms with Crippen molar-refractivity contribution in [2.75, 3.05) is 13.2 Å². The molecule has 2 rings (SSSR count). The third kappa shape index (κ3) is 9.54. The number of ether oxygens (including phenoxy) is 1. The number of nitrogens with zero attached hydrogens (tertiary/aromatic N) is 2. The molecular weight excluding hydrogens is 457 g/mol. The van der Waals surface area contributed by atoms with Crippen LogP contribution in [0.25, 0.3) is 0 Å². The SMILES string of the molecule is C/C=C\C(=C/C)COCc1cc(F)ccc1N=C(C=C(N)C(F)F)C(O)C(C=NCC1CC1)=CN. The van der Waals surface area contributed by atoms with E-state index in [0.29, 0.717) is 18.0 Å². The molecule has 0 aromatic heterocycles. The highest BCUT2D eigenvalue weighted by Crippen LogP contribution is 2.29. The lowest BCUT2D eigenvalue weighted by molar-refractivity contribution is 0.144. The summed E-state index contributed by atoms with van der Waals surface area (Å²) in [4.78, 5) is 8.61. The Kier molecular flexibility index (Phi) is 11.5. The van der Waals surface area contributed by atoms with E-state index in [0.717, 1.165) is 30.7 Å². The van der Waals surface area contributed by atoms with Crippen LogP contribution in [0.4, 0.5) is 18.9 Å². The number of nitrogens with two attached hydrogens (primary N) is 2. The Labute approximate surface area is 204 Å². The van der Waals surface area contributed by atoms with Crippen LogP contribution in [-0.2, 0) is 11.3 Å². The van der Waals surface area contributed by atoms with Gasteiger partial charge in [-0.2, -0.15) is 0 Å². The molecule has 1 aromatic carbocycles. The van der Waals surface area contributed by atoms with Crippen molar-refractivity contribution in [2.45, 2.75) is 45.8 Å². The van der Waals surface area contributed by atoms with Crippen LogP contribution in [0, 0.1) is 11.7 Å². The predicted octanol–water partition coefficient (Wildman–Crippen LogP) is 4.73. The van der Waals surface area contributed by atoms with Gasteiger partial charge in [-0.15, -0.1) is 0 Å². The minimum absolute atomic E-state index is 0.00530. The first-order chi connectivity index (χ1) is 16.8. The normalized spacial score (nSPS) is 17.2. The molecule has 1 saturated carbocycles. The summed E-state index contributed by atoms with van der Waals surface area (Å²) in [5, 5.41) is 10.9. The van der Waals surface area contributed by atoms with E-state index in [1.54, 1.807) is 0 Å². The number of aliphatic imine (C=N–C) groups is 2. The molecule has 0 amide bonds. The van der Waals surface area contributed by atoms with Crippen LogP contribution >= 0.6 is 0 Å². The van der Waals surface area contributed by atoms with E-state index in [2.05, 4.69) is 9.98 Å². The third-order valence-electron chi connectivity index (χ3n) is 5.22. The van der Waals surface area contributed by atoms with Gasteiger partial charge in [-0.25, -0.2) is 18.2 Å². The molecule has 1 atom stereocenters. The van der Waals surface area contributed by atoms with Gasteiger partial charge in [-0.3, -0.25) is 4.99 Å². The molecule has 0 bridgehead atoms. The lowest BCUT2D eigenvalue weighted by Gasteiger charge is -2.15. The maximum Gasteiger partial charge on any atom is 0.277 e. The summed E-state index contributed by atoms with van der Waals surface area (Å²) in [5.74, 6) is 0.00402. The fraction of sp³-hybridized carbons (Fsp3) is 0.385. The van der Waals surface area contributed by atoms with Crippen LogP contribution in [-0.4, -0.2) is 42.7 Å². The highest BCUT2D eigenvalue weighted by Gasteiger charge is 2.21. The molecule has 9 heteroatoms. The number of benzene rings is 1. The van der Waals surface area contributed by atoms with Crippen molar-refractivity contribution in [1.82, 2.24) is 0 Å². The lowest BCUT2D eigenvalue weighted by Crippen LogP contribution is -2.25. The van der Waals surface area contributed by atoms with E-state index >= 15 is 0 Å². The first-order valence-electron chi connectivity index (χ1n) is 11.4. The zero-order valence-electron chi connectivity index (χ0n) is 20.0. The van der Waals surface area contributed by atoms with Crippen LogP contribution in [0.15, 0.2) is 75.5 Å². The fourth-order valence-corrected chi connectivity index (χ4v) is 3.03. The van der Waals surface area contributed by atoms with E-state index in [1.165, 1.54) is 24.4 Å². The average Bonchev–Trinajstić information content (AvgIpc) is 3.66. The number of alkyl halides is 2. The summed E-state index contributed by atoms with van der Waals surface area (Å²) in [5.41, 5.74) is 11.9. The number of halogens is 3. The van der Waals surface area contributed by atoms with E-state index in [4.69, 9.17) is 16.2 Å². The molecule has 1 unspecified atom stereocenters. The van der Waals surface area contributed by atoms with E-state index in [9.17, 15) is 18.3 Å². The molecule has 0 radical (unpaired) electrons. The molecule has 0 saturated heterocycles. The molecule has 0 spiro atoms. The van der Waals surface area contributed by atoms with E-state index in [-0.39, 0.29) is 30.2 Å². The van der Waals surface area contributed by atoms with Gasteiger partial charge >= 0.3 is 0 Å². The van der Waals surface area contributed by atoms with E-state index < -0.39 is 24.0 Å². The third-order valence-corrected chi connectivity index (χ3v) is 5.22. The van der Waals surface area contributed by atoms with Crippen molar-refractivity contribution in [3.8, 4) is 0 Å². The van der Waals surface area contributed by atoms with Crippen LogP contribution in [0.1, 0.15) is 32.3 Å². The summed E-state index contributed by atoms with van der Waals surface area (Å²) < 4.78 is 46.0. The molecule has 5 N–H and O–H groups in total. The Hall–Kier alpha value is -3.17. The molecule has 35 heavy (non-hydrogen) atoms. The Bertz CT molecular complexity index is 1030. The molecule has 1 aromatic rings. The average molecular weight is 491 g/mol. The highest BCUT2D eigenvalue weighted by atomic mass is 19.3. The minimum atomic E-state index is -2.96. The van der Waals surface area contributed by atoms with Gasteiger partial charge in [0, 0.05) is 30.1 Å². The maximum atomic E-state index is 14.0. The van der Waals surface area contributed by atoms with Crippen LogP contribution in [0.2, 0.25) is 0 Å². The second-order valence-electron chi connectivity index (χ2n) is 8.12. The Balaban J connectivity index is 2.37. The predicted molar refractivity (Wildman–Crippen MR) is 134 cm³/mol. The molecule has 1 aliphatic carbocycles. The summed E-state index contributed by atoms with van der Waals surface area (Å²) in [7, 11) is 0. The molecule has 6 nitrogen and oxygen atoms in total. The molecular formula is C26H33F3N4O2. The second-order valence-corrected chi connectivity index (χ2v) is 8.12. The van der Waals surface area contributed by atoms with Gasteiger partial charge in [0.1, 0.15) is 11.9 Å². The van der Waals surface area contributed by atoms with Crippen molar-refractivity contribution in [2.24, 2.45) is 27.4 Å². The second kappa shape index (κ2) is 14.3. The summed E-state index contributed by atoms with van der Waals surface area (Å²) >= 11 is 0. The summed E-state index contributed by atoms with van der Waals surface area (Å²) in [6.07, 6.45) is 6.85. The number of rotatable bonds is 13. The lowest BCUT2D eigenvalue weighted by atomic mass is 10.0. The van der Waals surface area contributed by atoms with Crippen molar-refractivity contribution >= 4 is 17.6 Å². The fourth-order valence-electron chi connectivity index (χ4n) is 3.03. The van der Waals surface area contributed by atoms with Gasteiger partial charge in [0.25, 0.3) is 6.43 Å². The largest absolute Gasteiger partial charge is 0.404 e. The first-order valence-corrected chi connectivity index (χ1v) is 11.4. The van der Waals surface area contributed by atoms with Gasteiger partial charge in [0.05, 0.1) is 30.3 Å². The summed E-state index contributed by atoms with van der Waals surface area (Å²) in [6.45, 7) is 4.64.